The Morgan fingerprint density at radius 2 is 1.50 bits per heavy atom. The van der Waals surface area contributed by atoms with Crippen molar-refractivity contribution < 1.29 is 0 Å². The Hall–Kier alpha value is -1.32. The van der Waals surface area contributed by atoms with Crippen LogP contribution in [0.25, 0.3) is 5.57 Å². The van der Waals surface area contributed by atoms with Crippen LogP contribution in [0.4, 0.5) is 0 Å². The van der Waals surface area contributed by atoms with E-state index < -0.39 is 0 Å². The van der Waals surface area contributed by atoms with Crippen molar-refractivity contribution in [2.45, 2.75) is 32.2 Å². The molecule has 0 aromatic heterocycles. The zero-order chi connectivity index (χ0) is 18.8. The largest absolute Gasteiger partial charge is 0.303 e. The zero-order valence-corrected chi connectivity index (χ0v) is 19.3. The minimum absolute atomic E-state index is 0. The monoisotopic (exact) mass is 444 g/mol. The van der Waals surface area contributed by atoms with Crippen LogP contribution in [0.3, 0.4) is 0 Å². The quantitative estimate of drug-likeness (QED) is 0.563. The standard InChI is InChI=1S/C26H32N2.2ClH/c1-2-6-22(7-3-1)18-28-19-24-12-13-25(26(24)20-28)23-10-8-21(9-11-23)14-17-27-15-4-5-16-27;;/h1-3,6-11,13,24,26H,4-5,12,14-20H2;2*1H. The van der Waals surface area contributed by atoms with Gasteiger partial charge in [-0.25, -0.2) is 0 Å². The van der Waals surface area contributed by atoms with Crippen molar-refractivity contribution in [1.82, 2.24) is 9.80 Å². The minimum Gasteiger partial charge on any atom is -0.303 e. The van der Waals surface area contributed by atoms with E-state index in [1.54, 1.807) is 5.57 Å². The molecule has 3 aliphatic rings. The van der Waals surface area contributed by atoms with Gasteiger partial charge in [-0.15, -0.1) is 24.8 Å². The molecular weight excluding hydrogens is 411 g/mol. The SMILES string of the molecule is C1=C(c2ccc(CCN3CCCC3)cc2)C2CN(Cc3ccccc3)CC2C1.Cl.Cl. The highest BCUT2D eigenvalue weighted by molar-refractivity contribution is 5.85. The van der Waals surface area contributed by atoms with Crippen molar-refractivity contribution in [3.63, 3.8) is 0 Å². The molecule has 0 spiro atoms. The Bertz CT molecular complexity index is 813. The molecule has 2 nitrogen and oxygen atoms in total. The van der Waals surface area contributed by atoms with E-state index in [9.17, 15) is 0 Å². The molecular formula is C26H34Cl2N2. The van der Waals surface area contributed by atoms with Gasteiger partial charge in [0.1, 0.15) is 0 Å². The molecule has 2 unspecified atom stereocenters. The highest BCUT2D eigenvalue weighted by atomic mass is 35.5. The lowest BCUT2D eigenvalue weighted by Crippen LogP contribution is -2.21. The first-order chi connectivity index (χ1) is 13.8. The molecule has 0 radical (unpaired) electrons. The molecule has 2 fully saturated rings. The fourth-order valence-corrected chi connectivity index (χ4v) is 5.44. The summed E-state index contributed by atoms with van der Waals surface area (Å²) in [4.78, 5) is 5.26. The van der Waals surface area contributed by atoms with Gasteiger partial charge in [-0.1, -0.05) is 60.7 Å². The molecule has 2 atom stereocenters. The predicted octanol–water partition coefficient (Wildman–Crippen LogP) is 5.70. The van der Waals surface area contributed by atoms with Crippen LogP contribution in [0.2, 0.25) is 0 Å². The first kappa shape index (κ1) is 23.3. The molecule has 0 bridgehead atoms. The van der Waals surface area contributed by atoms with Crippen LogP contribution < -0.4 is 0 Å². The molecule has 162 valence electrons. The summed E-state index contributed by atoms with van der Waals surface area (Å²) in [5, 5.41) is 0. The number of benzene rings is 2. The van der Waals surface area contributed by atoms with Crippen LogP contribution in [-0.4, -0.2) is 42.5 Å². The lowest BCUT2D eigenvalue weighted by Gasteiger charge is -2.18. The van der Waals surface area contributed by atoms with Crippen molar-refractivity contribution in [2.24, 2.45) is 11.8 Å². The first-order valence-electron chi connectivity index (χ1n) is 11.1. The van der Waals surface area contributed by atoms with E-state index >= 15 is 0 Å². The Morgan fingerprint density at radius 3 is 2.23 bits per heavy atom. The number of nitrogens with zero attached hydrogens (tertiary/aromatic N) is 2. The fourth-order valence-electron chi connectivity index (χ4n) is 5.44. The van der Waals surface area contributed by atoms with Crippen LogP contribution in [0.1, 0.15) is 36.0 Å². The Kier molecular flexibility index (Phi) is 8.42. The molecule has 0 N–H and O–H groups in total. The second-order valence-corrected chi connectivity index (χ2v) is 8.94. The highest BCUT2D eigenvalue weighted by Crippen LogP contribution is 2.43. The summed E-state index contributed by atoms with van der Waals surface area (Å²) in [6.07, 6.45) is 7.74. The minimum atomic E-state index is 0. The summed E-state index contributed by atoms with van der Waals surface area (Å²) in [5.74, 6) is 1.53. The Morgan fingerprint density at radius 1 is 0.767 bits per heavy atom. The highest BCUT2D eigenvalue weighted by Gasteiger charge is 2.38. The van der Waals surface area contributed by atoms with Gasteiger partial charge in [-0.3, -0.25) is 4.90 Å². The summed E-state index contributed by atoms with van der Waals surface area (Å²) in [6, 6.07) is 20.4. The van der Waals surface area contributed by atoms with Crippen LogP contribution >= 0.6 is 24.8 Å². The predicted molar refractivity (Wildman–Crippen MR) is 132 cm³/mol. The number of hydrogen-bond acceptors (Lipinski definition) is 2. The molecule has 1 aliphatic carbocycles. The van der Waals surface area contributed by atoms with Crippen LogP contribution in [0.5, 0.6) is 0 Å². The number of halogens is 2. The average molecular weight is 445 g/mol. The number of likely N-dealkylation sites (tertiary alicyclic amines) is 2. The molecule has 0 amide bonds. The molecule has 2 heterocycles. The topological polar surface area (TPSA) is 6.48 Å². The fraction of sp³-hybridized carbons (Fsp3) is 0.462. The van der Waals surface area contributed by atoms with Gasteiger partial charge >= 0.3 is 0 Å². The summed E-state index contributed by atoms with van der Waals surface area (Å²) in [7, 11) is 0. The zero-order valence-electron chi connectivity index (χ0n) is 17.7. The maximum absolute atomic E-state index is 2.65. The Labute approximate surface area is 194 Å². The lowest BCUT2D eigenvalue weighted by molar-refractivity contribution is 0.315. The molecule has 5 rings (SSSR count). The van der Waals surface area contributed by atoms with E-state index in [0.29, 0.717) is 0 Å². The molecule has 0 saturated carbocycles. The van der Waals surface area contributed by atoms with Gasteiger partial charge in [-0.05, 0) is 67.0 Å². The van der Waals surface area contributed by atoms with Crippen LogP contribution in [-0.2, 0) is 13.0 Å². The van der Waals surface area contributed by atoms with E-state index in [1.165, 1.54) is 75.1 Å². The van der Waals surface area contributed by atoms with Crippen molar-refractivity contribution in [3.05, 3.63) is 77.4 Å². The Balaban J connectivity index is 0.00000128. The molecule has 2 aliphatic heterocycles. The van der Waals surface area contributed by atoms with E-state index in [-0.39, 0.29) is 24.8 Å². The second kappa shape index (κ2) is 10.8. The summed E-state index contributed by atoms with van der Waals surface area (Å²) >= 11 is 0. The van der Waals surface area contributed by atoms with E-state index in [0.717, 1.165) is 18.4 Å². The third kappa shape index (κ3) is 5.29. The van der Waals surface area contributed by atoms with Crippen molar-refractivity contribution in [3.8, 4) is 0 Å². The van der Waals surface area contributed by atoms with Gasteiger partial charge < -0.3 is 4.90 Å². The van der Waals surface area contributed by atoms with Gasteiger partial charge in [0.25, 0.3) is 0 Å². The molecule has 4 heteroatoms. The van der Waals surface area contributed by atoms with Crippen LogP contribution in [0.15, 0.2) is 60.7 Å². The lowest BCUT2D eigenvalue weighted by atomic mass is 9.90. The normalized spacial score (nSPS) is 23.5. The maximum Gasteiger partial charge on any atom is 0.0234 e. The van der Waals surface area contributed by atoms with E-state index in [1.807, 2.05) is 0 Å². The average Bonchev–Trinajstić information content (AvgIpc) is 3.45. The summed E-state index contributed by atoms with van der Waals surface area (Å²) in [6.45, 7) is 7.37. The molecule has 2 saturated heterocycles. The van der Waals surface area contributed by atoms with Gasteiger partial charge in [0.05, 0.1) is 0 Å². The number of allylic oxidation sites excluding steroid dienone is 1. The van der Waals surface area contributed by atoms with Gasteiger partial charge in [0.15, 0.2) is 0 Å². The van der Waals surface area contributed by atoms with E-state index in [4.69, 9.17) is 0 Å². The number of rotatable bonds is 6. The summed E-state index contributed by atoms with van der Waals surface area (Å²) in [5.41, 5.74) is 5.99. The number of hydrogen-bond donors (Lipinski definition) is 0. The molecule has 2 aromatic rings. The molecule has 30 heavy (non-hydrogen) atoms. The van der Waals surface area contributed by atoms with Gasteiger partial charge in [-0.2, -0.15) is 0 Å². The van der Waals surface area contributed by atoms with Crippen molar-refractivity contribution in [1.29, 1.82) is 0 Å². The van der Waals surface area contributed by atoms with Crippen molar-refractivity contribution in [2.75, 3.05) is 32.7 Å². The van der Waals surface area contributed by atoms with Crippen LogP contribution in [0, 0.1) is 11.8 Å². The third-order valence-corrected chi connectivity index (χ3v) is 7.01. The number of fused-ring (bicyclic) bond motifs is 1. The van der Waals surface area contributed by atoms with Crippen molar-refractivity contribution >= 4 is 30.4 Å². The van der Waals surface area contributed by atoms with Gasteiger partial charge in [0, 0.05) is 32.1 Å². The third-order valence-electron chi connectivity index (χ3n) is 7.01. The van der Waals surface area contributed by atoms with Gasteiger partial charge in [0.2, 0.25) is 0 Å². The van der Waals surface area contributed by atoms with E-state index in [2.05, 4.69) is 70.5 Å². The maximum atomic E-state index is 2.65. The molecule has 2 aromatic carbocycles. The second-order valence-electron chi connectivity index (χ2n) is 8.94. The smallest absolute Gasteiger partial charge is 0.0234 e. The first-order valence-corrected chi connectivity index (χ1v) is 11.1. The summed E-state index contributed by atoms with van der Waals surface area (Å²) < 4.78 is 0.